The van der Waals surface area contributed by atoms with Gasteiger partial charge in [0.15, 0.2) is 0 Å². The number of sulfonamides is 1. The lowest BCUT2D eigenvalue weighted by Gasteiger charge is -2.36. The van der Waals surface area contributed by atoms with Crippen molar-refractivity contribution in [1.29, 1.82) is 0 Å². The molecular weight excluding hydrogens is 457 g/mol. The molecule has 29 heavy (non-hydrogen) atoms. The molecule has 2 aromatic rings. The standard InChI is InChI=1S/C19H20Cl3N3O3S/c1-13(19(26)23-17-5-3-2-4-15(17)21)24-8-10-25(11-9-24)29(27,28)18-12-14(20)6-7-16(18)22/h2-7,12-13H,8-11H2,1H3,(H,23,26). The molecule has 0 bridgehead atoms. The highest BCUT2D eigenvalue weighted by molar-refractivity contribution is 7.89. The molecule has 0 spiro atoms. The summed E-state index contributed by atoms with van der Waals surface area (Å²) in [7, 11) is -3.77. The van der Waals surface area contributed by atoms with Crippen molar-refractivity contribution >= 4 is 56.4 Å². The van der Waals surface area contributed by atoms with E-state index in [1.54, 1.807) is 37.3 Å². The van der Waals surface area contributed by atoms with E-state index in [1.165, 1.54) is 16.4 Å². The van der Waals surface area contributed by atoms with Crippen molar-refractivity contribution in [3.8, 4) is 0 Å². The molecule has 1 unspecified atom stereocenters. The Labute approximate surface area is 185 Å². The molecule has 1 aliphatic rings. The Morgan fingerprint density at radius 2 is 1.66 bits per heavy atom. The van der Waals surface area contributed by atoms with E-state index in [9.17, 15) is 13.2 Å². The first-order chi connectivity index (χ1) is 13.7. The molecule has 1 saturated heterocycles. The van der Waals surface area contributed by atoms with Gasteiger partial charge in [0, 0.05) is 31.2 Å². The van der Waals surface area contributed by atoms with Gasteiger partial charge in [-0.1, -0.05) is 46.9 Å². The molecule has 6 nitrogen and oxygen atoms in total. The highest BCUT2D eigenvalue weighted by atomic mass is 35.5. The zero-order chi connectivity index (χ0) is 21.2. The third kappa shape index (κ3) is 5.05. The van der Waals surface area contributed by atoms with Gasteiger partial charge in [0.2, 0.25) is 15.9 Å². The normalized spacial score (nSPS) is 17.1. The molecule has 1 N–H and O–H groups in total. The molecule has 1 aliphatic heterocycles. The Morgan fingerprint density at radius 3 is 2.31 bits per heavy atom. The number of carbonyl (C=O) groups is 1. The Balaban J connectivity index is 1.64. The van der Waals surface area contributed by atoms with Gasteiger partial charge >= 0.3 is 0 Å². The van der Waals surface area contributed by atoms with Crippen LogP contribution in [0.5, 0.6) is 0 Å². The van der Waals surface area contributed by atoms with Crippen molar-refractivity contribution in [2.45, 2.75) is 17.9 Å². The fourth-order valence-corrected chi connectivity index (χ4v) is 5.45. The van der Waals surface area contributed by atoms with Gasteiger partial charge in [0.05, 0.1) is 21.8 Å². The molecule has 0 saturated carbocycles. The highest BCUT2D eigenvalue weighted by Gasteiger charge is 2.33. The largest absolute Gasteiger partial charge is 0.323 e. The van der Waals surface area contributed by atoms with Crippen LogP contribution in [0.15, 0.2) is 47.4 Å². The lowest BCUT2D eigenvalue weighted by Crippen LogP contribution is -2.53. The van der Waals surface area contributed by atoms with Gasteiger partial charge < -0.3 is 5.32 Å². The number of nitrogens with zero attached hydrogens (tertiary/aromatic N) is 2. The van der Waals surface area contributed by atoms with Gasteiger partial charge in [-0.15, -0.1) is 0 Å². The molecule has 10 heteroatoms. The Hall–Kier alpha value is -1.35. The summed E-state index contributed by atoms with van der Waals surface area (Å²) in [4.78, 5) is 14.5. The lowest BCUT2D eigenvalue weighted by atomic mass is 10.2. The predicted molar refractivity (Wildman–Crippen MR) is 116 cm³/mol. The molecule has 1 heterocycles. The molecule has 3 rings (SSSR count). The third-order valence-electron chi connectivity index (χ3n) is 4.84. The van der Waals surface area contributed by atoms with E-state index < -0.39 is 16.1 Å². The summed E-state index contributed by atoms with van der Waals surface area (Å²) in [5, 5.41) is 3.70. The van der Waals surface area contributed by atoms with Gasteiger partial charge in [-0.25, -0.2) is 8.42 Å². The summed E-state index contributed by atoms with van der Waals surface area (Å²) in [6.45, 7) is 3.09. The van der Waals surface area contributed by atoms with E-state index in [-0.39, 0.29) is 28.9 Å². The van der Waals surface area contributed by atoms with Crippen LogP contribution >= 0.6 is 34.8 Å². The van der Waals surface area contributed by atoms with Crippen LogP contribution < -0.4 is 5.32 Å². The van der Waals surface area contributed by atoms with Crippen LogP contribution in [0.2, 0.25) is 15.1 Å². The summed E-state index contributed by atoms with van der Waals surface area (Å²) < 4.78 is 27.2. The quantitative estimate of drug-likeness (QED) is 0.709. The van der Waals surface area contributed by atoms with E-state index in [2.05, 4.69) is 5.32 Å². The second-order valence-electron chi connectivity index (χ2n) is 6.66. The van der Waals surface area contributed by atoms with Crippen LogP contribution in [-0.2, 0) is 14.8 Å². The summed E-state index contributed by atoms with van der Waals surface area (Å²) in [5.41, 5.74) is 0.544. The van der Waals surface area contributed by atoms with Crippen molar-refractivity contribution in [3.63, 3.8) is 0 Å². The highest BCUT2D eigenvalue weighted by Crippen LogP contribution is 2.28. The average Bonchev–Trinajstić information content (AvgIpc) is 2.71. The number of benzene rings is 2. The second kappa shape index (κ2) is 9.20. The van der Waals surface area contributed by atoms with Crippen LogP contribution in [0.25, 0.3) is 0 Å². The van der Waals surface area contributed by atoms with Crippen molar-refractivity contribution in [3.05, 3.63) is 57.5 Å². The van der Waals surface area contributed by atoms with E-state index >= 15 is 0 Å². The van der Waals surface area contributed by atoms with Gasteiger partial charge in [-0.3, -0.25) is 9.69 Å². The number of piperazine rings is 1. The predicted octanol–water partition coefficient (Wildman–Crippen LogP) is 3.98. The third-order valence-corrected chi connectivity index (χ3v) is 7.79. The first-order valence-corrected chi connectivity index (χ1v) is 11.5. The summed E-state index contributed by atoms with van der Waals surface area (Å²) in [6, 6.07) is 10.9. The van der Waals surface area contributed by atoms with E-state index in [4.69, 9.17) is 34.8 Å². The lowest BCUT2D eigenvalue weighted by molar-refractivity contribution is -0.121. The Kier molecular flexibility index (Phi) is 7.09. The average molecular weight is 477 g/mol. The van der Waals surface area contributed by atoms with Crippen molar-refractivity contribution in [2.75, 3.05) is 31.5 Å². The van der Waals surface area contributed by atoms with Crippen molar-refractivity contribution in [2.24, 2.45) is 0 Å². The van der Waals surface area contributed by atoms with Gasteiger partial charge in [0.1, 0.15) is 4.90 Å². The number of rotatable bonds is 5. The van der Waals surface area contributed by atoms with Gasteiger partial charge in [0.25, 0.3) is 0 Å². The number of carbonyl (C=O) groups excluding carboxylic acids is 1. The molecule has 156 valence electrons. The minimum atomic E-state index is -3.77. The smallest absolute Gasteiger partial charge is 0.244 e. The molecular formula is C19H20Cl3N3O3S. The van der Waals surface area contributed by atoms with Gasteiger partial charge in [-0.05, 0) is 37.3 Å². The molecule has 2 aromatic carbocycles. The van der Waals surface area contributed by atoms with Gasteiger partial charge in [-0.2, -0.15) is 4.31 Å². The maximum Gasteiger partial charge on any atom is 0.244 e. The maximum absolute atomic E-state index is 12.9. The summed E-state index contributed by atoms with van der Waals surface area (Å²) in [5.74, 6) is -0.202. The van der Waals surface area contributed by atoms with Crippen molar-refractivity contribution < 1.29 is 13.2 Å². The first kappa shape index (κ1) is 22.3. The molecule has 0 aromatic heterocycles. The van der Waals surface area contributed by atoms with E-state index in [0.717, 1.165) is 0 Å². The number of amides is 1. The number of hydrogen-bond acceptors (Lipinski definition) is 4. The Bertz CT molecular complexity index is 1010. The van der Waals surface area contributed by atoms with Crippen LogP contribution in [0.1, 0.15) is 6.92 Å². The van der Waals surface area contributed by atoms with Crippen LogP contribution in [0.4, 0.5) is 5.69 Å². The molecule has 1 amide bonds. The van der Waals surface area contributed by atoms with Crippen LogP contribution in [-0.4, -0.2) is 55.8 Å². The number of nitrogens with one attached hydrogen (secondary N) is 1. The summed E-state index contributed by atoms with van der Waals surface area (Å²) >= 11 is 18.1. The minimum Gasteiger partial charge on any atom is -0.323 e. The monoisotopic (exact) mass is 475 g/mol. The zero-order valence-electron chi connectivity index (χ0n) is 15.6. The number of anilines is 1. The van der Waals surface area contributed by atoms with Crippen molar-refractivity contribution in [1.82, 2.24) is 9.21 Å². The second-order valence-corrected chi connectivity index (χ2v) is 9.82. The SMILES string of the molecule is CC(C(=O)Nc1ccccc1Cl)N1CCN(S(=O)(=O)c2cc(Cl)ccc2Cl)CC1. The molecule has 0 radical (unpaired) electrons. The molecule has 1 fully saturated rings. The molecule has 0 aliphatic carbocycles. The summed E-state index contributed by atoms with van der Waals surface area (Å²) in [6.07, 6.45) is 0. The first-order valence-electron chi connectivity index (χ1n) is 8.95. The maximum atomic E-state index is 12.9. The number of para-hydroxylation sites is 1. The van der Waals surface area contributed by atoms with E-state index in [1.807, 2.05) is 4.90 Å². The Morgan fingerprint density at radius 1 is 1.00 bits per heavy atom. The minimum absolute atomic E-state index is 0.00960. The van der Waals surface area contributed by atoms with Crippen LogP contribution in [0.3, 0.4) is 0 Å². The zero-order valence-corrected chi connectivity index (χ0v) is 18.7. The topological polar surface area (TPSA) is 69.7 Å². The van der Waals surface area contributed by atoms with Crippen LogP contribution in [0, 0.1) is 0 Å². The van der Waals surface area contributed by atoms with E-state index in [0.29, 0.717) is 28.8 Å². The number of halogens is 3. The fraction of sp³-hybridized carbons (Fsp3) is 0.316. The number of hydrogen-bond donors (Lipinski definition) is 1. The fourth-order valence-electron chi connectivity index (χ4n) is 3.11. The molecule has 1 atom stereocenters.